The summed E-state index contributed by atoms with van der Waals surface area (Å²) in [6, 6.07) is 10.7. The van der Waals surface area contributed by atoms with Crippen molar-refractivity contribution in [3.8, 4) is 17.2 Å². The number of carbonyl (C=O) groups is 1. The van der Waals surface area contributed by atoms with Crippen LogP contribution in [0.25, 0.3) is 11.5 Å². The number of aromatic nitrogens is 2. The molecule has 0 unspecified atom stereocenters. The van der Waals surface area contributed by atoms with E-state index >= 15 is 0 Å². The minimum Gasteiger partial charge on any atom is -0.497 e. The van der Waals surface area contributed by atoms with Crippen LogP contribution < -0.4 is 10.1 Å². The van der Waals surface area contributed by atoms with Crippen LogP contribution in [-0.2, 0) is 14.6 Å². The lowest BCUT2D eigenvalue weighted by Gasteiger charge is -2.05. The highest BCUT2D eigenvalue weighted by Crippen LogP contribution is 2.30. The SMILES string of the molecule is COc1ccc(S(=O)(=O)CCCC(=O)Nc2nnc(-c3ccc(Cl)cc3Cl)o2)cc1. The van der Waals surface area contributed by atoms with Crippen LogP contribution in [0.3, 0.4) is 0 Å². The second-order valence-electron chi connectivity index (χ2n) is 6.18. The fraction of sp³-hybridized carbons (Fsp3) is 0.211. The van der Waals surface area contributed by atoms with Gasteiger partial charge in [-0.15, -0.1) is 5.10 Å². The number of nitrogens with zero attached hydrogens (tertiary/aromatic N) is 2. The lowest BCUT2D eigenvalue weighted by Crippen LogP contribution is -2.14. The van der Waals surface area contributed by atoms with Crippen molar-refractivity contribution in [2.45, 2.75) is 17.7 Å². The predicted octanol–water partition coefficient (Wildman–Crippen LogP) is 4.24. The van der Waals surface area contributed by atoms with Gasteiger partial charge in [-0.25, -0.2) is 8.42 Å². The molecule has 0 spiro atoms. The van der Waals surface area contributed by atoms with Gasteiger partial charge in [0.1, 0.15) is 5.75 Å². The number of sulfone groups is 1. The van der Waals surface area contributed by atoms with Gasteiger partial charge in [0.25, 0.3) is 5.89 Å². The Morgan fingerprint density at radius 2 is 1.87 bits per heavy atom. The topological polar surface area (TPSA) is 111 Å². The zero-order valence-electron chi connectivity index (χ0n) is 15.8. The Morgan fingerprint density at radius 1 is 1.13 bits per heavy atom. The third-order valence-electron chi connectivity index (χ3n) is 4.07. The van der Waals surface area contributed by atoms with Gasteiger partial charge in [0.05, 0.1) is 28.3 Å². The summed E-state index contributed by atoms with van der Waals surface area (Å²) in [7, 11) is -2.01. The molecule has 1 heterocycles. The molecule has 0 aliphatic carbocycles. The van der Waals surface area contributed by atoms with E-state index in [0.717, 1.165) is 0 Å². The van der Waals surface area contributed by atoms with E-state index in [2.05, 4.69) is 15.5 Å². The van der Waals surface area contributed by atoms with Crippen LogP contribution >= 0.6 is 23.2 Å². The van der Waals surface area contributed by atoms with E-state index in [1.165, 1.54) is 25.3 Å². The Balaban J connectivity index is 1.54. The Morgan fingerprint density at radius 3 is 2.53 bits per heavy atom. The van der Waals surface area contributed by atoms with Gasteiger partial charge in [-0.3, -0.25) is 10.1 Å². The summed E-state index contributed by atoms with van der Waals surface area (Å²) in [5.41, 5.74) is 0.472. The molecule has 1 N–H and O–H groups in total. The predicted molar refractivity (Wildman–Crippen MR) is 113 cm³/mol. The van der Waals surface area contributed by atoms with Crippen molar-refractivity contribution in [1.82, 2.24) is 10.2 Å². The molecule has 0 bridgehead atoms. The Kier molecular flexibility index (Phi) is 6.96. The molecule has 0 saturated carbocycles. The quantitative estimate of drug-likeness (QED) is 0.524. The normalized spacial score (nSPS) is 11.3. The number of methoxy groups -OCH3 is 1. The van der Waals surface area contributed by atoms with Crippen LogP contribution in [-0.4, -0.2) is 37.4 Å². The zero-order valence-corrected chi connectivity index (χ0v) is 18.1. The Labute approximate surface area is 183 Å². The average Bonchev–Trinajstić information content (AvgIpc) is 3.15. The highest BCUT2D eigenvalue weighted by atomic mass is 35.5. The molecule has 0 aliphatic heterocycles. The van der Waals surface area contributed by atoms with Crippen LogP contribution in [0.1, 0.15) is 12.8 Å². The van der Waals surface area contributed by atoms with E-state index in [-0.39, 0.29) is 35.4 Å². The van der Waals surface area contributed by atoms with Crippen LogP contribution in [0.15, 0.2) is 51.8 Å². The van der Waals surface area contributed by atoms with Crippen LogP contribution in [0.4, 0.5) is 6.01 Å². The number of rotatable bonds is 8. The maximum Gasteiger partial charge on any atom is 0.322 e. The largest absolute Gasteiger partial charge is 0.497 e. The molecule has 0 radical (unpaired) electrons. The smallest absolute Gasteiger partial charge is 0.322 e. The van der Waals surface area contributed by atoms with Gasteiger partial charge >= 0.3 is 6.01 Å². The van der Waals surface area contributed by atoms with E-state index in [4.69, 9.17) is 32.4 Å². The molecule has 0 fully saturated rings. The van der Waals surface area contributed by atoms with Gasteiger partial charge in [0.2, 0.25) is 5.91 Å². The average molecular weight is 470 g/mol. The highest BCUT2D eigenvalue weighted by molar-refractivity contribution is 7.91. The maximum absolute atomic E-state index is 12.4. The number of hydrogen-bond acceptors (Lipinski definition) is 7. The van der Waals surface area contributed by atoms with E-state index in [1.54, 1.807) is 24.3 Å². The van der Waals surface area contributed by atoms with Gasteiger partial charge in [-0.1, -0.05) is 28.3 Å². The van der Waals surface area contributed by atoms with Crippen LogP contribution in [0, 0.1) is 0 Å². The third kappa shape index (κ3) is 5.50. The minimum atomic E-state index is -3.51. The molecule has 1 amide bonds. The molecule has 3 rings (SSSR count). The van der Waals surface area contributed by atoms with E-state index < -0.39 is 15.7 Å². The number of nitrogens with one attached hydrogen (secondary N) is 1. The first-order chi connectivity index (χ1) is 14.3. The second-order valence-corrected chi connectivity index (χ2v) is 9.14. The molecule has 11 heteroatoms. The van der Waals surface area contributed by atoms with Gasteiger partial charge in [0, 0.05) is 11.4 Å². The molecule has 0 saturated heterocycles. The molecule has 0 atom stereocenters. The summed E-state index contributed by atoms with van der Waals surface area (Å²) in [6.45, 7) is 0. The second kappa shape index (κ2) is 9.46. The molecule has 1 aromatic heterocycles. The van der Waals surface area contributed by atoms with Crippen molar-refractivity contribution in [3.63, 3.8) is 0 Å². The number of halogens is 2. The fourth-order valence-corrected chi connectivity index (χ4v) is 4.35. The molecule has 8 nitrogen and oxygen atoms in total. The van der Waals surface area contributed by atoms with E-state index in [9.17, 15) is 13.2 Å². The zero-order chi connectivity index (χ0) is 21.7. The van der Waals surface area contributed by atoms with Crippen molar-refractivity contribution in [3.05, 3.63) is 52.5 Å². The molecule has 158 valence electrons. The first-order valence-electron chi connectivity index (χ1n) is 8.74. The Hall–Kier alpha value is -2.62. The summed E-state index contributed by atoms with van der Waals surface area (Å²) < 4.78 is 35.1. The summed E-state index contributed by atoms with van der Waals surface area (Å²) in [4.78, 5) is 12.3. The number of ether oxygens (including phenoxy) is 1. The number of hydrogen-bond donors (Lipinski definition) is 1. The van der Waals surface area contributed by atoms with Gasteiger partial charge < -0.3 is 9.15 Å². The Bertz CT molecular complexity index is 1150. The van der Waals surface area contributed by atoms with Crippen molar-refractivity contribution >= 4 is 45.0 Å². The summed E-state index contributed by atoms with van der Waals surface area (Å²) in [6.07, 6.45) is 0.0962. The molecule has 2 aromatic carbocycles. The van der Waals surface area contributed by atoms with Crippen molar-refractivity contribution < 1.29 is 22.4 Å². The number of benzene rings is 2. The minimum absolute atomic E-state index is 0.0329. The number of anilines is 1. The number of amides is 1. The standard InChI is InChI=1S/C19H17Cl2N3O5S/c1-28-13-5-7-14(8-6-13)30(26,27)10-2-3-17(25)22-19-24-23-18(29-19)15-9-4-12(20)11-16(15)21/h4-9,11H,2-3,10H2,1H3,(H,22,24,25). The lowest BCUT2D eigenvalue weighted by atomic mass is 10.2. The monoisotopic (exact) mass is 469 g/mol. The molecular formula is C19H17Cl2N3O5S. The van der Waals surface area contributed by atoms with Crippen LogP contribution in [0.2, 0.25) is 10.0 Å². The van der Waals surface area contributed by atoms with Crippen molar-refractivity contribution in [2.75, 3.05) is 18.2 Å². The molecule has 0 aliphatic rings. The molecule has 30 heavy (non-hydrogen) atoms. The third-order valence-corrected chi connectivity index (χ3v) is 6.43. The van der Waals surface area contributed by atoms with Gasteiger partial charge in [-0.2, -0.15) is 0 Å². The summed E-state index contributed by atoms with van der Waals surface area (Å²) in [5, 5.41) is 10.8. The maximum atomic E-state index is 12.4. The van der Waals surface area contributed by atoms with Gasteiger partial charge in [-0.05, 0) is 48.9 Å². The van der Waals surface area contributed by atoms with E-state index in [0.29, 0.717) is 21.4 Å². The lowest BCUT2D eigenvalue weighted by molar-refractivity contribution is -0.116. The first-order valence-corrected chi connectivity index (χ1v) is 11.1. The summed E-state index contributed by atoms with van der Waals surface area (Å²) >= 11 is 11.9. The molecular weight excluding hydrogens is 453 g/mol. The number of carbonyl (C=O) groups excluding carboxylic acids is 1. The first kappa shape index (κ1) is 22.1. The van der Waals surface area contributed by atoms with Crippen molar-refractivity contribution in [2.24, 2.45) is 0 Å². The van der Waals surface area contributed by atoms with Crippen LogP contribution in [0.5, 0.6) is 5.75 Å². The summed E-state index contributed by atoms with van der Waals surface area (Å²) in [5.74, 6) is 0.0564. The van der Waals surface area contributed by atoms with Gasteiger partial charge in [0.15, 0.2) is 9.84 Å². The van der Waals surface area contributed by atoms with Crippen molar-refractivity contribution in [1.29, 1.82) is 0 Å². The molecule has 3 aromatic rings. The van der Waals surface area contributed by atoms with E-state index in [1.807, 2.05) is 0 Å². The fourth-order valence-electron chi connectivity index (χ4n) is 2.55. The highest BCUT2D eigenvalue weighted by Gasteiger charge is 2.17.